The first kappa shape index (κ1) is 80.2. The van der Waals surface area contributed by atoms with E-state index in [2.05, 4.69) is 85.4 Å². The molecule has 574 valence electrons. The van der Waals surface area contributed by atoms with Crippen molar-refractivity contribution >= 4 is 55.5 Å². The zero-order valence-corrected chi connectivity index (χ0v) is 61.6. The number of hydrogen-bond donors (Lipinski definition) is 6. The molecule has 0 bridgehead atoms. The Morgan fingerprint density at radius 3 is 1.34 bits per heavy atom. The van der Waals surface area contributed by atoms with Gasteiger partial charge in [-0.3, -0.25) is 38.9 Å². The molecule has 0 aliphatic heterocycles. The first-order valence-corrected chi connectivity index (χ1v) is 36.6. The molecule has 30 heteroatoms. The Kier molecular flexibility index (Phi) is 28.0. The van der Waals surface area contributed by atoms with Crippen molar-refractivity contribution in [3.8, 4) is 53.6 Å². The summed E-state index contributed by atoms with van der Waals surface area (Å²) in [5, 5.41) is 10.5. The molecule has 10 heterocycles. The molecule has 110 heavy (non-hydrogen) atoms. The molecule has 29 nitrogen and oxygen atoms in total. The van der Waals surface area contributed by atoms with Gasteiger partial charge in [0.2, 0.25) is 28.6 Å². The lowest BCUT2D eigenvalue weighted by molar-refractivity contribution is 0.252. The molecule has 0 spiro atoms. The molecular formula is C80H83FN10O19. The average molecular weight is 1510 g/mol. The number of fused-ring (bicyclic) bond motifs is 5. The Morgan fingerprint density at radius 2 is 0.900 bits per heavy atom. The zero-order valence-electron chi connectivity index (χ0n) is 61.6. The van der Waals surface area contributed by atoms with Gasteiger partial charge < -0.3 is 51.4 Å². The van der Waals surface area contributed by atoms with Gasteiger partial charge in [-0.1, -0.05) is 133 Å². The summed E-state index contributed by atoms with van der Waals surface area (Å²) >= 11 is 0. The van der Waals surface area contributed by atoms with Crippen LogP contribution in [0.5, 0.6) is 18.0 Å². The van der Waals surface area contributed by atoms with Crippen LogP contribution < -0.4 is 70.1 Å². The van der Waals surface area contributed by atoms with E-state index in [0.29, 0.717) is 83.8 Å². The Hall–Kier alpha value is -12.4. The lowest BCUT2D eigenvalue weighted by Crippen LogP contribution is -2.18. The van der Waals surface area contributed by atoms with Crippen molar-refractivity contribution in [2.75, 3.05) is 19.8 Å². The molecule has 0 amide bonds. The van der Waals surface area contributed by atoms with Crippen LogP contribution in [0, 0.1) is 53.3 Å². The largest absolute Gasteiger partial charge is 0.451 e. The summed E-state index contributed by atoms with van der Waals surface area (Å²) in [7, 11) is 0. The summed E-state index contributed by atoms with van der Waals surface area (Å²) in [6.07, 6.45) is 15.6. The highest BCUT2D eigenvalue weighted by atomic mass is 19.1. The number of hydrogen-bond acceptors (Lipinski definition) is 24. The van der Waals surface area contributed by atoms with Gasteiger partial charge in [0.15, 0.2) is 26.0 Å². The molecule has 10 aromatic heterocycles. The number of rotatable bonds is 20. The molecule has 3 aliphatic carbocycles. The molecule has 11 aromatic rings. The van der Waals surface area contributed by atoms with E-state index < -0.39 is 57.1 Å². The van der Waals surface area contributed by atoms with Crippen LogP contribution in [0.4, 0.5) is 4.39 Å². The molecule has 1 aromatic carbocycles. The topological polar surface area (TPSA) is 428 Å². The zero-order chi connectivity index (χ0) is 78.4. The fourth-order valence-electron chi connectivity index (χ4n) is 11.9. The highest BCUT2D eigenvalue weighted by Gasteiger charge is 2.23. The normalized spacial score (nSPS) is 13.5. The monoisotopic (exact) mass is 1510 g/mol. The Balaban J connectivity index is 0.000000147. The van der Waals surface area contributed by atoms with Crippen molar-refractivity contribution in [3.05, 3.63) is 210 Å². The average Bonchev–Trinajstić information content (AvgIpc) is 0.917. The van der Waals surface area contributed by atoms with Crippen molar-refractivity contribution in [2.24, 2.45) is 17.8 Å². The van der Waals surface area contributed by atoms with Crippen LogP contribution in [0.2, 0.25) is 0 Å². The second kappa shape index (κ2) is 38.4. The predicted molar refractivity (Wildman–Crippen MR) is 406 cm³/mol. The quantitative estimate of drug-likeness (QED) is 0.0387. The summed E-state index contributed by atoms with van der Waals surface area (Å²) in [5.74, 6) is 18.9. The van der Waals surface area contributed by atoms with Crippen LogP contribution in [0.15, 0.2) is 131 Å². The first-order chi connectivity index (χ1) is 53.1. The van der Waals surface area contributed by atoms with Gasteiger partial charge >= 0.3 is 46.2 Å². The fourth-order valence-corrected chi connectivity index (χ4v) is 11.9. The number of aliphatic hydroxyl groups is 1. The number of halogens is 1. The van der Waals surface area contributed by atoms with Gasteiger partial charge in [-0.25, -0.2) is 28.4 Å². The van der Waals surface area contributed by atoms with Crippen molar-refractivity contribution in [3.63, 3.8) is 0 Å². The van der Waals surface area contributed by atoms with E-state index in [1.54, 1.807) is 0 Å². The van der Waals surface area contributed by atoms with Gasteiger partial charge in [0.1, 0.15) is 44.7 Å². The Morgan fingerprint density at radius 1 is 0.482 bits per heavy atom. The van der Waals surface area contributed by atoms with Gasteiger partial charge in [-0.2, -0.15) is 24.9 Å². The number of alkyl halides is 1. The number of aromatic amines is 5. The smallest absolute Gasteiger partial charge is 0.337 e. The Bertz CT molecular complexity index is 5960. The molecule has 0 saturated heterocycles. The van der Waals surface area contributed by atoms with Crippen molar-refractivity contribution < 1.29 is 45.8 Å². The number of ether oxygens (including phenoxy) is 3. The van der Waals surface area contributed by atoms with Crippen LogP contribution in [0.25, 0.3) is 55.5 Å². The molecule has 3 fully saturated rings. The highest BCUT2D eigenvalue weighted by molar-refractivity contribution is 5.79. The molecule has 3 aliphatic rings. The van der Waals surface area contributed by atoms with Crippen LogP contribution in [-0.2, 0) is 38.5 Å². The number of nitrogens with zero attached hydrogens (tertiary/aromatic N) is 5. The van der Waals surface area contributed by atoms with E-state index in [4.69, 9.17) is 41.4 Å². The van der Waals surface area contributed by atoms with Crippen molar-refractivity contribution in [1.82, 2.24) is 49.8 Å². The standard InChI is InChI=1S/C19H16N2O4.C16H18N2O5.C15H17FN2O3.C15H14N2O4.C15H18N2O3/c1-2-3-7-10-24-19-20-17(23)16-14(11-13-8-5-4-6-9-13)12-15(22)25-18(16)21-19;1-3-4-7-11-9-12(20)23-15-13(11)14(21)17-16(18-15)22-8-5-6-10(2)19;1-8(16)13-17-14(20)12-10(6-5-9-3-2-4-9)7-11(19)21-15(12)18-13;1-2-10-8-11(18)21-14-12(10)13(19)16-15(17-14)20-7-3-4-9-5-6-9;1-2-11-16-14(19)13-10(7-6-9-4-3-5-9)8-12(18)20-15(13)17-11/h4-6,8-9,12H,2,10-11H2,1H3,(H,20,21,23);9-10,19H,3-4,7-8H2,1-2H3,(H,17,18,21);7-9H,2-6H2,1H3,(H,17,18,20);8-9H,2,5-7H2,1H3,(H,16,17,19);8-9H,2-7H2,1H3,(H,16,17,19). The van der Waals surface area contributed by atoms with E-state index in [9.17, 15) is 52.3 Å². The number of aliphatic hydroxyl groups excluding tert-OH is 1. The summed E-state index contributed by atoms with van der Waals surface area (Å²) in [4.78, 5) is 152. The lowest BCUT2D eigenvalue weighted by Gasteiger charge is -2.25. The van der Waals surface area contributed by atoms with Gasteiger partial charge in [0.05, 0.1) is 0 Å². The van der Waals surface area contributed by atoms with Crippen LogP contribution >= 0.6 is 0 Å². The number of H-pyrrole nitrogens is 5. The summed E-state index contributed by atoms with van der Waals surface area (Å²) in [5.41, 5.74) is -0.363. The van der Waals surface area contributed by atoms with Crippen LogP contribution in [0.1, 0.15) is 176 Å². The summed E-state index contributed by atoms with van der Waals surface area (Å²) in [6.45, 7) is 10.7. The van der Waals surface area contributed by atoms with Gasteiger partial charge in [0, 0.05) is 49.1 Å². The van der Waals surface area contributed by atoms with Gasteiger partial charge in [-0.15, -0.1) is 5.92 Å². The molecule has 2 unspecified atom stereocenters. The molecule has 6 N–H and O–H groups in total. The third-order valence-electron chi connectivity index (χ3n) is 18.0. The number of unbranched alkanes of at least 4 members (excludes halogenated alkanes) is 1. The first-order valence-electron chi connectivity index (χ1n) is 36.6. The molecule has 0 radical (unpaired) electrons. The maximum absolute atomic E-state index is 13.3. The third-order valence-corrected chi connectivity index (χ3v) is 18.0. The number of benzene rings is 1. The lowest BCUT2D eigenvalue weighted by atomic mass is 9.81. The van der Waals surface area contributed by atoms with E-state index in [-0.39, 0.29) is 105 Å². The maximum Gasteiger partial charge on any atom is 0.337 e. The fraction of sp³-hybridized carbons (Fsp3) is 0.412. The van der Waals surface area contributed by atoms with Crippen molar-refractivity contribution in [1.29, 1.82) is 0 Å². The number of aryl methyl sites for hydroxylation is 5. The van der Waals surface area contributed by atoms with Gasteiger partial charge in [-0.05, 0) is 123 Å². The summed E-state index contributed by atoms with van der Waals surface area (Å²) < 4.78 is 54.2. The highest BCUT2D eigenvalue weighted by Crippen LogP contribution is 2.33. The van der Waals surface area contributed by atoms with Gasteiger partial charge in [0.25, 0.3) is 27.8 Å². The van der Waals surface area contributed by atoms with E-state index in [1.165, 1.54) is 82.7 Å². The van der Waals surface area contributed by atoms with Crippen LogP contribution in [-0.4, -0.2) is 80.9 Å². The molecule has 2 atom stereocenters. The van der Waals surface area contributed by atoms with Crippen molar-refractivity contribution in [2.45, 2.75) is 176 Å². The maximum atomic E-state index is 13.3. The molecular weight excluding hydrogens is 1420 g/mol. The minimum Gasteiger partial charge on any atom is -0.451 e. The SMILES string of the molecule is CC(F)c1nc2oc(=O)cc(CCC3CCC3)c2c(=O)[nH]1.CCC#CCOc1nc2oc(=O)cc(Cc3ccccc3)c2c(=O)[nH]1.CCCCc1cc(=O)oc2nc(OCC#CC(C)O)[nH]c(=O)c12.CCc1cc(=O)oc2nc(OCC#CC3CC3)[nH]c(=O)c12.CCc1nc2oc(=O)cc(CCC3CCC3)c2c(=O)[nH]1. The Labute approximate surface area is 624 Å². The van der Waals surface area contributed by atoms with E-state index in [0.717, 1.165) is 62.0 Å². The third kappa shape index (κ3) is 22.2. The second-order valence-corrected chi connectivity index (χ2v) is 26.4. The predicted octanol–water partition coefficient (Wildman–Crippen LogP) is 9.28. The molecule has 14 rings (SSSR count). The number of aromatic nitrogens is 10. The van der Waals surface area contributed by atoms with E-state index >= 15 is 0 Å². The number of nitrogens with one attached hydrogen (secondary N) is 5. The second-order valence-electron chi connectivity index (χ2n) is 26.4. The van der Waals surface area contributed by atoms with Crippen LogP contribution in [0.3, 0.4) is 0 Å². The minimum atomic E-state index is -1.42. The molecule has 3 saturated carbocycles. The minimum absolute atomic E-state index is 0.00625. The summed E-state index contributed by atoms with van der Waals surface area (Å²) in [6, 6.07) is 16.2. The van der Waals surface area contributed by atoms with E-state index in [1.807, 2.05) is 58.0 Å².